The van der Waals surface area contributed by atoms with Gasteiger partial charge in [0.15, 0.2) is 0 Å². The van der Waals surface area contributed by atoms with Crippen LogP contribution in [0.15, 0.2) is 292 Å². The fraction of sp³-hybridized carbons (Fsp3) is 0.0286. The summed E-state index contributed by atoms with van der Waals surface area (Å²) in [6.45, 7) is 0. The first-order valence-corrected chi connectivity index (χ1v) is 26.3. The van der Waals surface area contributed by atoms with Crippen LogP contribution in [0.1, 0.15) is 44.5 Å². The van der Waals surface area contributed by atoms with Crippen molar-refractivity contribution in [3.63, 3.8) is 0 Å². The first kappa shape index (κ1) is 44.3. The molecule has 0 N–H and O–H groups in total. The maximum absolute atomic E-state index is 4.65. The Labute approximate surface area is 441 Å². The number of pyridine rings is 2. The molecule has 14 rings (SSSR count). The number of hydrogen-bond donors (Lipinski definition) is 0. The standard InChI is InChI=1S/C70H48N4S/c1-5-19-50(20-6-1)69(51-21-7-2-8-22-51)63-31-15-13-29-59(63)61-39-37-55(45-65(61)69)73(57-27-17-43-71-47-57)54-35-33-49(34-36-54)67-41-42-68(75-67)74(58-28-18-44-72-48-58)56-38-40-62-60-30-14-16-32-64(60)70(66(62)46-56,52-23-9-3-10-24-52)53-25-11-4-12-26-53/h1-48H. The van der Waals surface area contributed by atoms with E-state index in [9.17, 15) is 0 Å². The van der Waals surface area contributed by atoms with Crippen molar-refractivity contribution in [2.24, 2.45) is 0 Å². The number of nitrogens with zero attached hydrogens (tertiary/aromatic N) is 4. The van der Waals surface area contributed by atoms with Crippen molar-refractivity contribution in [2.75, 3.05) is 9.80 Å². The molecular weight excluding hydrogens is 929 g/mol. The summed E-state index contributed by atoms with van der Waals surface area (Å²) >= 11 is 1.78. The summed E-state index contributed by atoms with van der Waals surface area (Å²) in [5.74, 6) is 0. The van der Waals surface area contributed by atoms with Crippen molar-refractivity contribution in [3.05, 3.63) is 336 Å². The van der Waals surface area contributed by atoms with E-state index in [1.807, 2.05) is 36.9 Å². The fourth-order valence-corrected chi connectivity index (χ4v) is 13.4. The molecule has 0 aliphatic heterocycles. The monoisotopic (exact) mass is 976 g/mol. The van der Waals surface area contributed by atoms with E-state index < -0.39 is 10.8 Å². The van der Waals surface area contributed by atoms with Crippen LogP contribution < -0.4 is 9.80 Å². The van der Waals surface area contributed by atoms with Gasteiger partial charge in [0.1, 0.15) is 5.00 Å². The van der Waals surface area contributed by atoms with E-state index >= 15 is 0 Å². The van der Waals surface area contributed by atoms with Gasteiger partial charge in [-0.05, 0) is 145 Å². The SMILES string of the molecule is c1ccc(C2(c3ccccc3)c3ccccc3-c3ccc(N(c4ccc(-c5ccc(N(c6cccnc6)c6ccc7c(c6)C(c6ccccc6)(c6ccccc6)c6ccccc6-7)s5)cc4)c4cccnc4)cc32)cc1. The Bertz CT molecular complexity index is 3910. The molecule has 0 radical (unpaired) electrons. The summed E-state index contributed by atoms with van der Waals surface area (Å²) in [5.41, 5.74) is 20.3. The van der Waals surface area contributed by atoms with Crippen LogP contribution in [0, 0.1) is 0 Å². The van der Waals surface area contributed by atoms with E-state index in [1.165, 1.54) is 71.6 Å². The molecule has 5 heteroatoms. The number of anilines is 6. The van der Waals surface area contributed by atoms with Crippen molar-refractivity contribution >= 4 is 44.8 Å². The first-order chi connectivity index (χ1) is 37.2. The molecular formula is C70H48N4S. The maximum Gasteiger partial charge on any atom is 0.101 e. The van der Waals surface area contributed by atoms with Crippen molar-refractivity contribution in [2.45, 2.75) is 10.8 Å². The lowest BCUT2D eigenvalue weighted by Gasteiger charge is -2.34. The molecule has 3 aromatic heterocycles. The second-order valence-electron chi connectivity index (χ2n) is 19.3. The first-order valence-electron chi connectivity index (χ1n) is 25.5. The highest BCUT2D eigenvalue weighted by Crippen LogP contribution is 2.59. The van der Waals surface area contributed by atoms with Gasteiger partial charge in [-0.3, -0.25) is 9.97 Å². The zero-order valence-electron chi connectivity index (χ0n) is 40.9. The molecule has 0 fully saturated rings. The number of thiophene rings is 1. The third kappa shape index (κ3) is 7.04. The van der Waals surface area contributed by atoms with Gasteiger partial charge in [0.25, 0.3) is 0 Å². The minimum Gasteiger partial charge on any atom is -0.309 e. The third-order valence-corrected chi connectivity index (χ3v) is 16.6. The van der Waals surface area contributed by atoms with Gasteiger partial charge < -0.3 is 9.80 Å². The van der Waals surface area contributed by atoms with Crippen molar-refractivity contribution in [1.29, 1.82) is 0 Å². The lowest BCUT2D eigenvalue weighted by molar-refractivity contribution is 0.768. The minimum atomic E-state index is -0.521. The van der Waals surface area contributed by atoms with Crippen molar-refractivity contribution in [1.82, 2.24) is 9.97 Å². The molecule has 9 aromatic carbocycles. The van der Waals surface area contributed by atoms with E-state index in [-0.39, 0.29) is 0 Å². The summed E-state index contributed by atoms with van der Waals surface area (Å²) < 4.78 is 0. The van der Waals surface area contributed by atoms with Gasteiger partial charge in [0.2, 0.25) is 0 Å². The number of rotatable bonds is 11. The van der Waals surface area contributed by atoms with E-state index in [2.05, 4.69) is 275 Å². The molecule has 4 nitrogen and oxygen atoms in total. The highest BCUT2D eigenvalue weighted by molar-refractivity contribution is 7.19. The van der Waals surface area contributed by atoms with E-state index in [4.69, 9.17) is 0 Å². The summed E-state index contributed by atoms with van der Waals surface area (Å²) in [5, 5.41) is 1.10. The van der Waals surface area contributed by atoms with Gasteiger partial charge in [-0.15, -0.1) is 11.3 Å². The summed E-state index contributed by atoms with van der Waals surface area (Å²) in [7, 11) is 0. The lowest BCUT2D eigenvalue weighted by Crippen LogP contribution is -2.28. The molecule has 0 saturated carbocycles. The third-order valence-electron chi connectivity index (χ3n) is 15.4. The van der Waals surface area contributed by atoms with Crippen LogP contribution in [0.5, 0.6) is 0 Å². The largest absolute Gasteiger partial charge is 0.309 e. The minimum absolute atomic E-state index is 0.519. The van der Waals surface area contributed by atoms with Gasteiger partial charge in [-0.2, -0.15) is 0 Å². The summed E-state index contributed by atoms with van der Waals surface area (Å²) in [6, 6.07) is 97.7. The molecule has 0 amide bonds. The normalized spacial score (nSPS) is 13.3. The number of aromatic nitrogens is 2. The molecule has 0 unspecified atom stereocenters. The Hall–Kier alpha value is -9.42. The van der Waals surface area contributed by atoms with Crippen LogP contribution in [0.25, 0.3) is 32.7 Å². The Morgan fingerprint density at radius 1 is 0.293 bits per heavy atom. The van der Waals surface area contributed by atoms with Gasteiger partial charge in [0.05, 0.1) is 34.6 Å². The van der Waals surface area contributed by atoms with Crippen LogP contribution >= 0.6 is 11.3 Å². The smallest absolute Gasteiger partial charge is 0.101 e. The Morgan fingerprint density at radius 3 is 1.15 bits per heavy atom. The molecule has 0 saturated heterocycles. The lowest BCUT2D eigenvalue weighted by atomic mass is 9.67. The zero-order chi connectivity index (χ0) is 49.8. The molecule has 354 valence electrons. The Morgan fingerprint density at radius 2 is 0.693 bits per heavy atom. The van der Waals surface area contributed by atoms with Crippen LogP contribution in [-0.2, 0) is 10.8 Å². The van der Waals surface area contributed by atoms with Crippen LogP contribution in [0.3, 0.4) is 0 Å². The predicted octanol–water partition coefficient (Wildman–Crippen LogP) is 17.9. The van der Waals surface area contributed by atoms with Crippen LogP contribution in [0.4, 0.5) is 33.4 Å². The predicted molar refractivity (Wildman–Crippen MR) is 309 cm³/mol. The number of benzene rings is 9. The second-order valence-corrected chi connectivity index (χ2v) is 20.4. The highest BCUT2D eigenvalue weighted by Gasteiger charge is 2.48. The molecule has 3 heterocycles. The fourth-order valence-electron chi connectivity index (χ4n) is 12.3. The summed E-state index contributed by atoms with van der Waals surface area (Å²) in [4.78, 5) is 15.2. The second kappa shape index (κ2) is 18.3. The van der Waals surface area contributed by atoms with Crippen molar-refractivity contribution < 1.29 is 0 Å². The molecule has 0 spiro atoms. The molecule has 2 aliphatic carbocycles. The maximum atomic E-state index is 4.65. The van der Waals surface area contributed by atoms with Crippen LogP contribution in [0.2, 0.25) is 0 Å². The average Bonchev–Trinajstić information content (AvgIpc) is 4.28. The Balaban J connectivity index is 0.865. The number of fused-ring (bicyclic) bond motifs is 6. The van der Waals surface area contributed by atoms with Crippen LogP contribution in [-0.4, -0.2) is 9.97 Å². The van der Waals surface area contributed by atoms with E-state index in [0.29, 0.717) is 0 Å². The average molecular weight is 977 g/mol. The highest BCUT2D eigenvalue weighted by atomic mass is 32.1. The molecule has 75 heavy (non-hydrogen) atoms. The molecule has 12 aromatic rings. The zero-order valence-corrected chi connectivity index (χ0v) is 41.7. The molecule has 0 atom stereocenters. The van der Waals surface area contributed by atoms with Gasteiger partial charge in [-0.1, -0.05) is 194 Å². The number of hydrogen-bond acceptors (Lipinski definition) is 5. The van der Waals surface area contributed by atoms with Crippen molar-refractivity contribution in [3.8, 4) is 32.7 Å². The molecule has 2 aliphatic rings. The van der Waals surface area contributed by atoms with E-state index in [1.54, 1.807) is 11.3 Å². The van der Waals surface area contributed by atoms with Gasteiger partial charge >= 0.3 is 0 Å². The Kier molecular flexibility index (Phi) is 10.8. The molecule has 0 bridgehead atoms. The van der Waals surface area contributed by atoms with Gasteiger partial charge in [0, 0.05) is 34.3 Å². The summed E-state index contributed by atoms with van der Waals surface area (Å²) in [6.07, 6.45) is 7.61. The topological polar surface area (TPSA) is 32.3 Å². The van der Waals surface area contributed by atoms with E-state index in [0.717, 1.165) is 39.0 Å². The quantitative estimate of drug-likeness (QED) is 0.129. The van der Waals surface area contributed by atoms with Gasteiger partial charge in [-0.25, -0.2) is 0 Å².